The Balaban J connectivity index is 5.63. The lowest BCUT2D eigenvalue weighted by atomic mass is 10.1. The van der Waals surface area contributed by atoms with Gasteiger partial charge in [-0.1, -0.05) is 6.92 Å². The maximum Gasteiger partial charge on any atom is 0.460 e. The third-order valence-electron chi connectivity index (χ3n) is 1.66. The highest BCUT2D eigenvalue weighted by Crippen LogP contribution is 2.53. The Hall–Kier alpha value is -0.480. The second kappa shape index (κ2) is 4.32. The first kappa shape index (κ1) is 16.5. The molecule has 0 amide bonds. The Morgan fingerprint density at radius 2 is 1.18 bits per heavy atom. The number of alkyl halides is 9. The van der Waals surface area contributed by atoms with E-state index in [1.165, 1.54) is 0 Å². The lowest BCUT2D eigenvalue weighted by molar-refractivity contribution is -0.381. The maximum absolute atomic E-state index is 12.6. The van der Waals surface area contributed by atoms with E-state index in [2.05, 4.69) is 0 Å². The molecule has 0 saturated heterocycles. The first-order valence-electron chi connectivity index (χ1n) is 3.82. The Morgan fingerprint density at radius 1 is 0.824 bits per heavy atom. The summed E-state index contributed by atoms with van der Waals surface area (Å²) >= 11 is 0. The van der Waals surface area contributed by atoms with Crippen molar-refractivity contribution in [1.29, 1.82) is 0 Å². The monoisotopic (exact) mass is 296 g/mol. The summed E-state index contributed by atoms with van der Waals surface area (Å²) in [4.78, 5) is 0. The van der Waals surface area contributed by atoms with E-state index in [9.17, 15) is 43.7 Å². The zero-order valence-corrected chi connectivity index (χ0v) is 8.74. The molecular formula is C6H5F9OS. The van der Waals surface area contributed by atoms with Crippen LogP contribution >= 0.6 is 0 Å². The van der Waals surface area contributed by atoms with Gasteiger partial charge in [0.15, 0.2) is 0 Å². The predicted molar refractivity (Wildman–Crippen MR) is 39.6 cm³/mol. The smallest absolute Gasteiger partial charge is 0.253 e. The van der Waals surface area contributed by atoms with Crippen molar-refractivity contribution in [2.45, 2.75) is 30.2 Å². The molecule has 0 aliphatic heterocycles. The molecular weight excluding hydrogens is 291 g/mol. The lowest BCUT2D eigenvalue weighted by Gasteiger charge is -2.32. The van der Waals surface area contributed by atoms with Crippen LogP contribution < -0.4 is 0 Å². The highest BCUT2D eigenvalue weighted by Gasteiger charge is 2.83. The normalized spacial score (nSPS) is 17.1. The van der Waals surface area contributed by atoms with Crippen LogP contribution in [0.1, 0.15) is 6.92 Å². The van der Waals surface area contributed by atoms with Gasteiger partial charge in [0.2, 0.25) is 0 Å². The molecule has 0 bridgehead atoms. The van der Waals surface area contributed by atoms with Gasteiger partial charge in [-0.05, 0) is 0 Å². The standard InChI is InChI=1S/C6H5F9OS/c1-2-17(16)6(14,15)4(9,10)3(7,8)5(11,12)13/h2H2,1H3. The fourth-order valence-electron chi connectivity index (χ4n) is 0.685. The molecule has 104 valence electrons. The van der Waals surface area contributed by atoms with Crippen molar-refractivity contribution in [3.8, 4) is 0 Å². The van der Waals surface area contributed by atoms with Crippen molar-refractivity contribution in [2.24, 2.45) is 0 Å². The summed E-state index contributed by atoms with van der Waals surface area (Å²) in [5.41, 5.74) is 0. The van der Waals surface area contributed by atoms with Crippen LogP contribution in [0.25, 0.3) is 0 Å². The Kier molecular flexibility index (Phi) is 4.20. The number of halogens is 9. The van der Waals surface area contributed by atoms with Crippen LogP contribution in [0.15, 0.2) is 0 Å². The highest BCUT2D eigenvalue weighted by molar-refractivity contribution is 7.86. The van der Waals surface area contributed by atoms with E-state index in [0.717, 1.165) is 0 Å². The molecule has 0 aliphatic rings. The first-order valence-corrected chi connectivity index (χ1v) is 5.14. The number of hydrogen-bond donors (Lipinski definition) is 0. The van der Waals surface area contributed by atoms with Crippen molar-refractivity contribution in [3.63, 3.8) is 0 Å². The molecule has 0 aliphatic carbocycles. The third-order valence-corrected chi connectivity index (χ3v) is 3.02. The second-order valence-electron chi connectivity index (χ2n) is 2.80. The molecule has 0 radical (unpaired) electrons. The van der Waals surface area contributed by atoms with Crippen LogP contribution in [0.2, 0.25) is 0 Å². The van der Waals surface area contributed by atoms with Crippen LogP contribution in [0.5, 0.6) is 0 Å². The molecule has 0 spiro atoms. The zero-order valence-electron chi connectivity index (χ0n) is 7.93. The van der Waals surface area contributed by atoms with Crippen molar-refractivity contribution in [3.05, 3.63) is 0 Å². The van der Waals surface area contributed by atoms with Gasteiger partial charge in [0.25, 0.3) is 0 Å². The topological polar surface area (TPSA) is 17.1 Å². The molecule has 1 nitrogen and oxygen atoms in total. The molecule has 0 N–H and O–H groups in total. The van der Waals surface area contributed by atoms with Crippen molar-refractivity contribution >= 4 is 10.8 Å². The highest BCUT2D eigenvalue weighted by atomic mass is 32.2. The van der Waals surface area contributed by atoms with Gasteiger partial charge in [-0.25, -0.2) is 0 Å². The minimum absolute atomic E-state index is 0.672. The Morgan fingerprint density at radius 3 is 1.41 bits per heavy atom. The van der Waals surface area contributed by atoms with Crippen LogP contribution in [-0.4, -0.2) is 33.2 Å². The fourth-order valence-corrected chi connectivity index (χ4v) is 1.46. The molecule has 17 heavy (non-hydrogen) atoms. The van der Waals surface area contributed by atoms with Gasteiger partial charge in [0.1, 0.15) is 0 Å². The minimum Gasteiger partial charge on any atom is -0.253 e. The Bertz CT molecular complexity index is 307. The quantitative estimate of drug-likeness (QED) is 0.728. The second-order valence-corrected chi connectivity index (χ2v) is 4.58. The molecule has 0 saturated carbocycles. The summed E-state index contributed by atoms with van der Waals surface area (Å²) in [5.74, 6) is -15.0. The van der Waals surface area contributed by atoms with E-state index in [4.69, 9.17) is 0 Å². The van der Waals surface area contributed by atoms with E-state index in [0.29, 0.717) is 6.92 Å². The van der Waals surface area contributed by atoms with Gasteiger partial charge in [0.05, 0.1) is 10.8 Å². The van der Waals surface area contributed by atoms with Gasteiger partial charge in [0, 0.05) is 5.75 Å². The van der Waals surface area contributed by atoms with E-state index < -0.39 is 39.8 Å². The molecule has 0 heterocycles. The molecule has 1 unspecified atom stereocenters. The average molecular weight is 296 g/mol. The number of rotatable bonds is 4. The molecule has 1 atom stereocenters. The van der Waals surface area contributed by atoms with Gasteiger partial charge in [-0.3, -0.25) is 4.21 Å². The SMILES string of the molecule is CCS(=O)C(F)(F)C(F)(F)C(F)(F)C(F)(F)F. The van der Waals surface area contributed by atoms with Crippen LogP contribution in [0, 0.1) is 0 Å². The van der Waals surface area contributed by atoms with Crippen LogP contribution in [-0.2, 0) is 10.8 Å². The maximum atomic E-state index is 12.6. The van der Waals surface area contributed by atoms with Crippen molar-refractivity contribution in [1.82, 2.24) is 0 Å². The third kappa shape index (κ3) is 2.38. The zero-order chi connectivity index (χ0) is 14.3. The fraction of sp³-hybridized carbons (Fsp3) is 1.00. The lowest BCUT2D eigenvalue weighted by Crippen LogP contribution is -2.62. The van der Waals surface area contributed by atoms with Gasteiger partial charge < -0.3 is 0 Å². The Labute approximate surface area is 91.4 Å². The summed E-state index contributed by atoms with van der Waals surface area (Å²) in [5, 5.41) is -5.99. The van der Waals surface area contributed by atoms with Crippen LogP contribution in [0.4, 0.5) is 39.5 Å². The summed E-state index contributed by atoms with van der Waals surface area (Å²) in [6, 6.07) is 0. The van der Waals surface area contributed by atoms with Gasteiger partial charge >= 0.3 is 23.3 Å². The predicted octanol–water partition coefficient (Wildman–Crippen LogP) is 3.18. The molecule has 11 heteroatoms. The van der Waals surface area contributed by atoms with E-state index >= 15 is 0 Å². The minimum atomic E-state index is -6.98. The summed E-state index contributed by atoms with van der Waals surface area (Å²) < 4.78 is 120. The van der Waals surface area contributed by atoms with Gasteiger partial charge in [-0.15, -0.1) is 0 Å². The number of hydrogen-bond acceptors (Lipinski definition) is 1. The molecule has 0 aromatic heterocycles. The van der Waals surface area contributed by atoms with Crippen molar-refractivity contribution in [2.75, 3.05) is 5.75 Å². The molecule has 0 aromatic rings. The largest absolute Gasteiger partial charge is 0.460 e. The van der Waals surface area contributed by atoms with Crippen molar-refractivity contribution < 1.29 is 43.7 Å². The van der Waals surface area contributed by atoms with Gasteiger partial charge in [-0.2, -0.15) is 39.5 Å². The van der Waals surface area contributed by atoms with E-state index in [-0.39, 0.29) is 0 Å². The van der Waals surface area contributed by atoms with Crippen LogP contribution in [0.3, 0.4) is 0 Å². The molecule has 0 rings (SSSR count). The first-order chi connectivity index (χ1) is 7.23. The summed E-state index contributed by atoms with van der Waals surface area (Å²) in [6.45, 7) is 0.672. The summed E-state index contributed by atoms with van der Waals surface area (Å²) in [6.07, 6.45) is -6.88. The summed E-state index contributed by atoms with van der Waals surface area (Å²) in [7, 11) is -3.85. The average Bonchev–Trinajstić information content (AvgIpc) is 2.13. The molecule has 0 fully saturated rings. The van der Waals surface area contributed by atoms with E-state index in [1.54, 1.807) is 0 Å². The molecule has 0 aromatic carbocycles. The van der Waals surface area contributed by atoms with E-state index in [1.807, 2.05) is 0 Å².